The Morgan fingerprint density at radius 3 is 2.61 bits per heavy atom. The summed E-state index contributed by atoms with van der Waals surface area (Å²) in [6, 6.07) is 1.84. The van der Waals surface area contributed by atoms with Gasteiger partial charge >= 0.3 is 0 Å². The highest BCUT2D eigenvalue weighted by atomic mass is 16.5. The van der Waals surface area contributed by atoms with Crippen LogP contribution in [-0.2, 0) is 4.74 Å². The zero-order valence-corrected chi connectivity index (χ0v) is 12.9. The molecule has 1 heterocycles. The highest BCUT2D eigenvalue weighted by molar-refractivity contribution is 4.85. The largest absolute Gasteiger partial charge is 0.376 e. The Labute approximate surface area is 113 Å². The van der Waals surface area contributed by atoms with Crippen molar-refractivity contribution in [2.24, 2.45) is 0 Å². The van der Waals surface area contributed by atoms with Crippen molar-refractivity contribution in [1.29, 1.82) is 0 Å². The third kappa shape index (κ3) is 4.87. The molecule has 0 saturated carbocycles. The van der Waals surface area contributed by atoms with Crippen LogP contribution in [0.3, 0.4) is 0 Å². The van der Waals surface area contributed by atoms with E-state index in [1.807, 2.05) is 0 Å². The van der Waals surface area contributed by atoms with E-state index in [0.717, 1.165) is 19.7 Å². The second-order valence-corrected chi connectivity index (χ2v) is 5.91. The van der Waals surface area contributed by atoms with Crippen molar-refractivity contribution in [3.05, 3.63) is 0 Å². The number of hydrogen-bond acceptors (Lipinski definition) is 3. The fourth-order valence-electron chi connectivity index (χ4n) is 2.76. The molecule has 18 heavy (non-hydrogen) atoms. The Morgan fingerprint density at radius 1 is 1.33 bits per heavy atom. The fourth-order valence-corrected chi connectivity index (χ4v) is 2.76. The fraction of sp³-hybridized carbons (Fsp3) is 1.00. The van der Waals surface area contributed by atoms with Gasteiger partial charge in [0.1, 0.15) is 0 Å². The lowest BCUT2D eigenvalue weighted by Crippen LogP contribution is -2.56. The first-order valence-electron chi connectivity index (χ1n) is 7.69. The van der Waals surface area contributed by atoms with Gasteiger partial charge in [-0.25, -0.2) is 0 Å². The first-order chi connectivity index (χ1) is 8.58. The molecule has 1 N–H and O–H groups in total. The minimum Gasteiger partial charge on any atom is -0.376 e. The van der Waals surface area contributed by atoms with E-state index in [9.17, 15) is 0 Å². The maximum atomic E-state index is 5.80. The van der Waals surface area contributed by atoms with E-state index in [1.165, 1.54) is 19.3 Å². The molecule has 1 aliphatic heterocycles. The predicted molar refractivity (Wildman–Crippen MR) is 78.0 cm³/mol. The van der Waals surface area contributed by atoms with Gasteiger partial charge in [-0.2, -0.15) is 0 Å². The maximum Gasteiger partial charge on any atom is 0.0674 e. The lowest BCUT2D eigenvalue weighted by molar-refractivity contribution is -0.0735. The summed E-state index contributed by atoms with van der Waals surface area (Å²) < 4.78 is 5.80. The van der Waals surface area contributed by atoms with Crippen LogP contribution >= 0.6 is 0 Å². The van der Waals surface area contributed by atoms with Crippen LogP contribution in [0.5, 0.6) is 0 Å². The molecule has 0 amide bonds. The number of ether oxygens (including phenoxy) is 1. The first kappa shape index (κ1) is 15.9. The van der Waals surface area contributed by atoms with Crippen LogP contribution in [0.1, 0.15) is 53.9 Å². The van der Waals surface area contributed by atoms with Gasteiger partial charge in [-0.15, -0.1) is 0 Å². The third-order valence-corrected chi connectivity index (χ3v) is 3.83. The maximum absolute atomic E-state index is 5.80. The van der Waals surface area contributed by atoms with Gasteiger partial charge in [-0.3, -0.25) is 4.90 Å². The van der Waals surface area contributed by atoms with Gasteiger partial charge in [0.2, 0.25) is 0 Å². The lowest BCUT2D eigenvalue weighted by atomic mass is 10.0. The molecular weight excluding hydrogens is 224 g/mol. The van der Waals surface area contributed by atoms with E-state index in [0.29, 0.717) is 24.2 Å². The summed E-state index contributed by atoms with van der Waals surface area (Å²) in [5.41, 5.74) is 0. The molecule has 3 nitrogen and oxygen atoms in total. The van der Waals surface area contributed by atoms with Gasteiger partial charge in [-0.1, -0.05) is 34.1 Å². The molecule has 1 fully saturated rings. The predicted octanol–water partition coefficient (Wildman–Crippen LogP) is 2.65. The molecule has 0 spiro atoms. The summed E-state index contributed by atoms with van der Waals surface area (Å²) in [5.74, 6) is 0. The van der Waals surface area contributed by atoms with Crippen LogP contribution < -0.4 is 5.32 Å². The van der Waals surface area contributed by atoms with Gasteiger partial charge in [-0.05, 0) is 19.8 Å². The number of hydrogen-bond donors (Lipinski definition) is 1. The van der Waals surface area contributed by atoms with Gasteiger partial charge in [0, 0.05) is 31.2 Å². The zero-order chi connectivity index (χ0) is 13.5. The van der Waals surface area contributed by atoms with Crippen LogP contribution in [-0.4, -0.2) is 48.8 Å². The average Bonchev–Trinajstić information content (AvgIpc) is 2.34. The minimum absolute atomic E-state index is 0.381. The van der Waals surface area contributed by atoms with Crippen LogP contribution in [0.4, 0.5) is 0 Å². The van der Waals surface area contributed by atoms with Crippen LogP contribution in [0.15, 0.2) is 0 Å². The Kier molecular flexibility index (Phi) is 7.20. The Morgan fingerprint density at radius 2 is 2.06 bits per heavy atom. The van der Waals surface area contributed by atoms with Crippen molar-refractivity contribution >= 4 is 0 Å². The number of rotatable bonds is 7. The number of nitrogens with one attached hydrogen (secondary N) is 1. The van der Waals surface area contributed by atoms with Crippen molar-refractivity contribution in [2.75, 3.05) is 19.7 Å². The summed E-state index contributed by atoms with van der Waals surface area (Å²) in [6.07, 6.45) is 4.11. The van der Waals surface area contributed by atoms with E-state index in [2.05, 4.69) is 44.8 Å². The van der Waals surface area contributed by atoms with Crippen molar-refractivity contribution < 1.29 is 4.74 Å². The standard InChI is InChI=1S/C15H32N2O/c1-6-8-15(9-16-12(3)4)17-10-13(5)18-11-14(17)7-2/h12-16H,6-11H2,1-5H3. The zero-order valence-electron chi connectivity index (χ0n) is 12.9. The molecule has 108 valence electrons. The van der Waals surface area contributed by atoms with Gasteiger partial charge in [0.05, 0.1) is 12.7 Å². The molecule has 0 aromatic heterocycles. The smallest absolute Gasteiger partial charge is 0.0674 e. The molecule has 3 unspecified atom stereocenters. The molecule has 1 saturated heterocycles. The van der Waals surface area contributed by atoms with E-state index in [-0.39, 0.29) is 0 Å². The monoisotopic (exact) mass is 256 g/mol. The summed E-state index contributed by atoms with van der Waals surface area (Å²) in [7, 11) is 0. The van der Waals surface area contributed by atoms with E-state index < -0.39 is 0 Å². The summed E-state index contributed by atoms with van der Waals surface area (Å²) >= 11 is 0. The highest BCUT2D eigenvalue weighted by Crippen LogP contribution is 2.20. The molecule has 1 rings (SSSR count). The second kappa shape index (κ2) is 8.13. The van der Waals surface area contributed by atoms with Crippen LogP contribution in [0.2, 0.25) is 0 Å². The summed E-state index contributed by atoms with van der Waals surface area (Å²) in [6.45, 7) is 14.3. The number of nitrogens with zero attached hydrogens (tertiary/aromatic N) is 1. The van der Waals surface area contributed by atoms with Crippen LogP contribution in [0.25, 0.3) is 0 Å². The topological polar surface area (TPSA) is 24.5 Å². The molecule has 0 aromatic carbocycles. The molecule has 0 bridgehead atoms. The average molecular weight is 256 g/mol. The highest BCUT2D eigenvalue weighted by Gasteiger charge is 2.30. The Bertz CT molecular complexity index is 221. The minimum atomic E-state index is 0.381. The van der Waals surface area contributed by atoms with E-state index >= 15 is 0 Å². The van der Waals surface area contributed by atoms with Gasteiger partial charge in [0.15, 0.2) is 0 Å². The van der Waals surface area contributed by atoms with Crippen molar-refractivity contribution in [1.82, 2.24) is 10.2 Å². The normalized spacial score (nSPS) is 27.7. The second-order valence-electron chi connectivity index (χ2n) is 5.91. The first-order valence-corrected chi connectivity index (χ1v) is 7.69. The molecule has 1 aliphatic rings. The van der Waals surface area contributed by atoms with Crippen LogP contribution in [0, 0.1) is 0 Å². The molecule has 0 aromatic rings. The number of morpholine rings is 1. The molecule has 0 radical (unpaired) electrons. The molecule has 0 aliphatic carbocycles. The molecule has 3 heteroatoms. The Balaban J connectivity index is 2.61. The van der Waals surface area contributed by atoms with Gasteiger partial charge < -0.3 is 10.1 Å². The Hall–Kier alpha value is -0.120. The van der Waals surface area contributed by atoms with E-state index in [1.54, 1.807) is 0 Å². The summed E-state index contributed by atoms with van der Waals surface area (Å²) in [4.78, 5) is 2.69. The quantitative estimate of drug-likeness (QED) is 0.758. The SMILES string of the molecule is CCCC(CNC(C)C)N1CC(C)OCC1CC. The van der Waals surface area contributed by atoms with Gasteiger partial charge in [0.25, 0.3) is 0 Å². The van der Waals surface area contributed by atoms with Crippen molar-refractivity contribution in [3.8, 4) is 0 Å². The van der Waals surface area contributed by atoms with Crippen molar-refractivity contribution in [3.63, 3.8) is 0 Å². The van der Waals surface area contributed by atoms with Crippen molar-refractivity contribution in [2.45, 2.75) is 78.1 Å². The molecular formula is C15H32N2O. The van der Waals surface area contributed by atoms with E-state index in [4.69, 9.17) is 4.74 Å². The third-order valence-electron chi connectivity index (χ3n) is 3.83. The molecule has 3 atom stereocenters. The summed E-state index contributed by atoms with van der Waals surface area (Å²) in [5, 5.41) is 3.60. The lowest BCUT2D eigenvalue weighted by Gasteiger charge is -2.43.